The Morgan fingerprint density at radius 2 is 2.25 bits per heavy atom. The van der Waals surface area contributed by atoms with Crippen molar-refractivity contribution in [3.05, 3.63) is 29.8 Å². The van der Waals surface area contributed by atoms with Crippen LogP contribution < -0.4 is 10.1 Å². The van der Waals surface area contributed by atoms with Gasteiger partial charge < -0.3 is 19.9 Å². The number of hydrogen-bond acceptors (Lipinski definition) is 4. The molecule has 2 atom stereocenters. The highest BCUT2D eigenvalue weighted by Crippen LogP contribution is 2.18. The van der Waals surface area contributed by atoms with Crippen LogP contribution in [-0.2, 0) is 16.0 Å². The molecule has 1 aliphatic rings. The Morgan fingerprint density at radius 3 is 2.92 bits per heavy atom. The Hall–Kier alpha value is -1.59. The molecule has 0 saturated carbocycles. The predicted molar refractivity (Wildman–Crippen MR) is 93.5 cm³/mol. The van der Waals surface area contributed by atoms with Gasteiger partial charge in [0, 0.05) is 19.1 Å². The number of carboxylic acids is 1. The van der Waals surface area contributed by atoms with Gasteiger partial charge in [-0.1, -0.05) is 26.0 Å². The van der Waals surface area contributed by atoms with Crippen molar-refractivity contribution in [3.8, 4) is 5.75 Å². The van der Waals surface area contributed by atoms with Crippen LogP contribution in [0.2, 0.25) is 0 Å². The molecule has 2 rings (SSSR count). The van der Waals surface area contributed by atoms with Gasteiger partial charge in [-0.05, 0) is 43.4 Å². The van der Waals surface area contributed by atoms with E-state index in [1.54, 1.807) is 0 Å². The monoisotopic (exact) mass is 335 g/mol. The van der Waals surface area contributed by atoms with Crippen molar-refractivity contribution >= 4 is 5.97 Å². The quantitative estimate of drug-likeness (QED) is 0.726. The van der Waals surface area contributed by atoms with Gasteiger partial charge in [-0.15, -0.1) is 0 Å². The lowest BCUT2D eigenvalue weighted by atomic mass is 10.0. The zero-order chi connectivity index (χ0) is 17.4. The molecule has 0 aromatic heterocycles. The van der Waals surface area contributed by atoms with Crippen molar-refractivity contribution in [3.63, 3.8) is 0 Å². The molecule has 2 unspecified atom stereocenters. The van der Waals surface area contributed by atoms with Crippen LogP contribution in [0.1, 0.15) is 45.1 Å². The largest absolute Gasteiger partial charge is 0.493 e. The van der Waals surface area contributed by atoms with E-state index in [9.17, 15) is 9.90 Å². The minimum atomic E-state index is -0.829. The lowest BCUT2D eigenvalue weighted by Gasteiger charge is -2.22. The molecule has 134 valence electrons. The summed E-state index contributed by atoms with van der Waals surface area (Å²) in [6.45, 7) is 5.38. The molecule has 5 nitrogen and oxygen atoms in total. The Bertz CT molecular complexity index is 512. The van der Waals surface area contributed by atoms with Crippen molar-refractivity contribution in [2.75, 3.05) is 13.2 Å². The highest BCUT2D eigenvalue weighted by atomic mass is 16.5. The Kier molecular flexibility index (Phi) is 7.53. The van der Waals surface area contributed by atoms with Crippen LogP contribution in [0.15, 0.2) is 24.3 Å². The van der Waals surface area contributed by atoms with Gasteiger partial charge in [0.2, 0.25) is 0 Å². The van der Waals surface area contributed by atoms with Gasteiger partial charge in [0.1, 0.15) is 11.8 Å². The van der Waals surface area contributed by atoms with E-state index >= 15 is 0 Å². The van der Waals surface area contributed by atoms with Gasteiger partial charge in [0.05, 0.1) is 12.7 Å². The standard InChI is InChI=1S/C19H29NO4/c1-14(2)20-18(19(21)22)13-15-6-5-8-17(12-15)24-11-9-16-7-3-4-10-23-16/h5-6,8,12,14,16,18,20H,3-4,7,9-11,13H2,1-2H3,(H,21,22). The molecule has 1 aliphatic heterocycles. The highest BCUT2D eigenvalue weighted by Gasteiger charge is 2.19. The number of carboxylic acid groups (broad SMARTS) is 1. The predicted octanol–water partition coefficient (Wildman–Crippen LogP) is 3.02. The SMILES string of the molecule is CC(C)NC(Cc1cccc(OCCC2CCCCO2)c1)C(=O)O. The maximum absolute atomic E-state index is 11.4. The first-order chi connectivity index (χ1) is 11.5. The van der Waals surface area contributed by atoms with Crippen LogP contribution >= 0.6 is 0 Å². The van der Waals surface area contributed by atoms with Gasteiger partial charge in [-0.3, -0.25) is 4.79 Å². The minimum absolute atomic E-state index is 0.126. The van der Waals surface area contributed by atoms with E-state index in [-0.39, 0.29) is 6.04 Å². The topological polar surface area (TPSA) is 67.8 Å². The van der Waals surface area contributed by atoms with Crippen molar-refractivity contribution in [1.82, 2.24) is 5.32 Å². The Morgan fingerprint density at radius 1 is 1.42 bits per heavy atom. The number of nitrogens with one attached hydrogen (secondary N) is 1. The third-order valence-electron chi connectivity index (χ3n) is 4.15. The van der Waals surface area contributed by atoms with Gasteiger partial charge in [0.25, 0.3) is 0 Å². The summed E-state index contributed by atoms with van der Waals surface area (Å²) in [5.74, 6) is -0.0403. The Labute approximate surface area is 144 Å². The number of benzene rings is 1. The third-order valence-corrected chi connectivity index (χ3v) is 4.15. The van der Waals surface area contributed by atoms with Crippen LogP contribution in [0.3, 0.4) is 0 Å². The second-order valence-corrected chi connectivity index (χ2v) is 6.69. The summed E-state index contributed by atoms with van der Waals surface area (Å²) >= 11 is 0. The van der Waals surface area contributed by atoms with E-state index in [2.05, 4.69) is 5.32 Å². The third kappa shape index (κ3) is 6.49. The molecule has 24 heavy (non-hydrogen) atoms. The van der Waals surface area contributed by atoms with E-state index in [1.165, 1.54) is 6.42 Å². The van der Waals surface area contributed by atoms with E-state index in [1.807, 2.05) is 38.1 Å². The normalized spacial score (nSPS) is 19.2. The summed E-state index contributed by atoms with van der Waals surface area (Å²) in [5.41, 5.74) is 0.960. The maximum atomic E-state index is 11.4. The average Bonchev–Trinajstić information content (AvgIpc) is 2.55. The summed E-state index contributed by atoms with van der Waals surface area (Å²) in [7, 11) is 0. The van der Waals surface area contributed by atoms with Crippen LogP contribution in [0.5, 0.6) is 5.75 Å². The highest BCUT2D eigenvalue weighted by molar-refractivity contribution is 5.74. The second-order valence-electron chi connectivity index (χ2n) is 6.69. The molecule has 1 aromatic rings. The van der Waals surface area contributed by atoms with E-state index in [0.717, 1.165) is 37.2 Å². The molecule has 2 N–H and O–H groups in total. The van der Waals surface area contributed by atoms with Crippen molar-refractivity contribution in [2.24, 2.45) is 0 Å². The number of aliphatic carboxylic acids is 1. The second kappa shape index (κ2) is 9.64. The summed E-state index contributed by atoms with van der Waals surface area (Å²) < 4.78 is 11.5. The molecule has 1 fully saturated rings. The first-order valence-electron chi connectivity index (χ1n) is 8.87. The van der Waals surface area contributed by atoms with Crippen molar-refractivity contribution < 1.29 is 19.4 Å². The maximum Gasteiger partial charge on any atom is 0.321 e. The Balaban J connectivity index is 1.84. The van der Waals surface area contributed by atoms with E-state index in [4.69, 9.17) is 9.47 Å². The average molecular weight is 335 g/mol. The first kappa shape index (κ1) is 18.7. The van der Waals surface area contributed by atoms with Gasteiger partial charge in [-0.2, -0.15) is 0 Å². The number of hydrogen-bond donors (Lipinski definition) is 2. The number of rotatable bonds is 9. The summed E-state index contributed by atoms with van der Waals surface area (Å²) in [6.07, 6.45) is 5.17. The molecule has 1 saturated heterocycles. The molecule has 0 bridgehead atoms. The first-order valence-corrected chi connectivity index (χ1v) is 8.87. The number of carbonyl (C=O) groups is 1. The molecule has 0 radical (unpaired) electrons. The molecule has 1 heterocycles. The lowest BCUT2D eigenvalue weighted by molar-refractivity contribution is -0.139. The zero-order valence-electron chi connectivity index (χ0n) is 14.7. The molecule has 5 heteroatoms. The van der Waals surface area contributed by atoms with Crippen LogP contribution in [0.25, 0.3) is 0 Å². The van der Waals surface area contributed by atoms with Gasteiger partial charge in [0.15, 0.2) is 0 Å². The van der Waals surface area contributed by atoms with Crippen molar-refractivity contribution in [2.45, 2.75) is 64.1 Å². The minimum Gasteiger partial charge on any atom is -0.493 e. The lowest BCUT2D eigenvalue weighted by Crippen LogP contribution is -2.42. The number of ether oxygens (including phenoxy) is 2. The molecule has 0 aliphatic carbocycles. The fraction of sp³-hybridized carbons (Fsp3) is 0.632. The molecular weight excluding hydrogens is 306 g/mol. The summed E-state index contributed by atoms with van der Waals surface area (Å²) in [4.78, 5) is 11.4. The van der Waals surface area contributed by atoms with Crippen LogP contribution in [-0.4, -0.2) is 42.5 Å². The van der Waals surface area contributed by atoms with Crippen molar-refractivity contribution in [1.29, 1.82) is 0 Å². The summed E-state index contributed by atoms with van der Waals surface area (Å²) in [5, 5.41) is 12.4. The van der Waals surface area contributed by atoms with Gasteiger partial charge in [-0.25, -0.2) is 0 Å². The van der Waals surface area contributed by atoms with Gasteiger partial charge >= 0.3 is 5.97 Å². The van der Waals surface area contributed by atoms with E-state index < -0.39 is 12.0 Å². The summed E-state index contributed by atoms with van der Waals surface area (Å²) in [6, 6.07) is 7.23. The smallest absolute Gasteiger partial charge is 0.321 e. The van der Waals surface area contributed by atoms with Crippen LogP contribution in [0, 0.1) is 0 Å². The van der Waals surface area contributed by atoms with Crippen LogP contribution in [0.4, 0.5) is 0 Å². The zero-order valence-corrected chi connectivity index (χ0v) is 14.7. The molecular formula is C19H29NO4. The molecule has 0 amide bonds. The van der Waals surface area contributed by atoms with E-state index in [0.29, 0.717) is 19.1 Å². The fourth-order valence-corrected chi connectivity index (χ4v) is 2.96. The molecule has 0 spiro atoms. The molecule has 1 aromatic carbocycles. The fourth-order valence-electron chi connectivity index (χ4n) is 2.96.